The smallest absolute Gasteiger partial charge is 0.225 e. The van der Waals surface area contributed by atoms with Crippen LogP contribution in [0, 0.1) is 5.82 Å². The first-order chi connectivity index (χ1) is 10.2. The van der Waals surface area contributed by atoms with E-state index in [1.54, 1.807) is 30.5 Å². The third kappa shape index (κ3) is 2.80. The molecule has 2 heterocycles. The number of anilines is 2. The van der Waals surface area contributed by atoms with Gasteiger partial charge in [0.05, 0.1) is 5.39 Å². The van der Waals surface area contributed by atoms with Crippen molar-refractivity contribution >= 4 is 33.3 Å². The Bertz CT molecular complexity index is 754. The first-order valence-corrected chi connectivity index (χ1v) is 7.44. The van der Waals surface area contributed by atoms with Crippen LogP contribution in [0.25, 0.3) is 10.2 Å². The summed E-state index contributed by atoms with van der Waals surface area (Å²) in [6, 6.07) is 8.55. The number of nitrogens with zero attached hydrogens (tertiary/aromatic N) is 3. The number of hydrogen-bond donors (Lipinski definition) is 1. The third-order valence-corrected chi connectivity index (χ3v) is 4.03. The van der Waals surface area contributed by atoms with Gasteiger partial charge in [-0.05, 0) is 29.1 Å². The zero-order valence-electron chi connectivity index (χ0n) is 11.8. The maximum Gasteiger partial charge on any atom is 0.225 e. The van der Waals surface area contributed by atoms with Crippen molar-refractivity contribution in [2.75, 3.05) is 24.3 Å². The Morgan fingerprint density at radius 1 is 1.19 bits per heavy atom. The standard InChI is InChI=1S/C15H15FN4S/c1-17-15-18-13(12-7-8-21-14(12)19-15)20(2)9-10-3-5-11(16)6-4-10/h3-8H,9H2,1-2H3,(H,17,18,19). The van der Waals surface area contributed by atoms with Crippen molar-refractivity contribution in [1.82, 2.24) is 9.97 Å². The number of aromatic nitrogens is 2. The number of benzene rings is 1. The highest BCUT2D eigenvalue weighted by Gasteiger charge is 2.12. The Labute approximate surface area is 126 Å². The van der Waals surface area contributed by atoms with Crippen LogP contribution >= 0.6 is 11.3 Å². The fraction of sp³-hybridized carbons (Fsp3) is 0.200. The van der Waals surface area contributed by atoms with E-state index in [9.17, 15) is 4.39 Å². The van der Waals surface area contributed by atoms with Gasteiger partial charge in [-0.2, -0.15) is 4.98 Å². The average Bonchev–Trinajstić information content (AvgIpc) is 2.96. The molecule has 6 heteroatoms. The van der Waals surface area contributed by atoms with Crippen LogP contribution < -0.4 is 10.2 Å². The third-order valence-electron chi connectivity index (χ3n) is 3.22. The van der Waals surface area contributed by atoms with E-state index in [-0.39, 0.29) is 5.82 Å². The monoisotopic (exact) mass is 302 g/mol. The second-order valence-electron chi connectivity index (χ2n) is 4.74. The Hall–Kier alpha value is -2.21. The minimum absolute atomic E-state index is 0.221. The van der Waals surface area contributed by atoms with E-state index in [4.69, 9.17) is 0 Å². The van der Waals surface area contributed by atoms with E-state index in [2.05, 4.69) is 15.3 Å². The lowest BCUT2D eigenvalue weighted by atomic mass is 10.2. The highest BCUT2D eigenvalue weighted by Crippen LogP contribution is 2.29. The van der Waals surface area contributed by atoms with E-state index in [1.807, 2.05) is 23.4 Å². The molecule has 0 aliphatic carbocycles. The lowest BCUT2D eigenvalue weighted by molar-refractivity contribution is 0.627. The first-order valence-electron chi connectivity index (χ1n) is 6.56. The second kappa shape index (κ2) is 5.65. The number of rotatable bonds is 4. The molecule has 0 saturated carbocycles. The molecule has 0 saturated heterocycles. The highest BCUT2D eigenvalue weighted by atomic mass is 32.1. The molecule has 0 amide bonds. The van der Waals surface area contributed by atoms with Crippen molar-refractivity contribution in [1.29, 1.82) is 0 Å². The van der Waals surface area contributed by atoms with Crippen molar-refractivity contribution in [3.8, 4) is 0 Å². The summed E-state index contributed by atoms with van der Waals surface area (Å²) >= 11 is 1.59. The maximum atomic E-state index is 13.0. The molecule has 3 aromatic rings. The molecule has 21 heavy (non-hydrogen) atoms. The minimum Gasteiger partial charge on any atom is -0.357 e. The maximum absolute atomic E-state index is 13.0. The largest absolute Gasteiger partial charge is 0.357 e. The lowest BCUT2D eigenvalue weighted by Gasteiger charge is -2.19. The number of thiophene rings is 1. The van der Waals surface area contributed by atoms with Gasteiger partial charge in [0, 0.05) is 20.6 Å². The molecule has 0 unspecified atom stereocenters. The number of hydrogen-bond acceptors (Lipinski definition) is 5. The fourth-order valence-corrected chi connectivity index (χ4v) is 2.94. The van der Waals surface area contributed by atoms with E-state index in [1.165, 1.54) is 12.1 Å². The van der Waals surface area contributed by atoms with Gasteiger partial charge >= 0.3 is 0 Å². The average molecular weight is 302 g/mol. The van der Waals surface area contributed by atoms with Crippen LogP contribution in [0.3, 0.4) is 0 Å². The van der Waals surface area contributed by atoms with E-state index >= 15 is 0 Å². The van der Waals surface area contributed by atoms with Crippen molar-refractivity contribution in [3.63, 3.8) is 0 Å². The van der Waals surface area contributed by atoms with Crippen LogP contribution in [0.1, 0.15) is 5.56 Å². The SMILES string of the molecule is CNc1nc(N(C)Cc2ccc(F)cc2)c2ccsc2n1. The van der Waals surface area contributed by atoms with E-state index < -0.39 is 0 Å². The van der Waals surface area contributed by atoms with Gasteiger partial charge in [0.1, 0.15) is 16.5 Å². The fourth-order valence-electron chi connectivity index (χ4n) is 2.18. The van der Waals surface area contributed by atoms with Crippen LogP contribution in [-0.2, 0) is 6.54 Å². The van der Waals surface area contributed by atoms with Gasteiger partial charge in [-0.1, -0.05) is 12.1 Å². The van der Waals surface area contributed by atoms with Gasteiger partial charge in [0.15, 0.2) is 0 Å². The molecule has 4 nitrogen and oxygen atoms in total. The van der Waals surface area contributed by atoms with E-state index in [0.29, 0.717) is 12.5 Å². The number of fused-ring (bicyclic) bond motifs is 1. The Morgan fingerprint density at radius 3 is 2.67 bits per heavy atom. The Kier molecular flexibility index (Phi) is 3.70. The quantitative estimate of drug-likeness (QED) is 0.801. The van der Waals surface area contributed by atoms with Crippen LogP contribution in [-0.4, -0.2) is 24.1 Å². The van der Waals surface area contributed by atoms with Crippen molar-refractivity contribution in [3.05, 3.63) is 47.1 Å². The first kappa shape index (κ1) is 13.8. The summed E-state index contributed by atoms with van der Waals surface area (Å²) in [7, 11) is 3.78. The van der Waals surface area contributed by atoms with Gasteiger partial charge < -0.3 is 10.2 Å². The Balaban J connectivity index is 1.94. The summed E-state index contributed by atoms with van der Waals surface area (Å²) < 4.78 is 13.0. The van der Waals surface area contributed by atoms with Crippen LogP contribution in [0.2, 0.25) is 0 Å². The topological polar surface area (TPSA) is 41.1 Å². The van der Waals surface area contributed by atoms with Gasteiger partial charge in [-0.25, -0.2) is 9.37 Å². The molecule has 0 aliphatic heterocycles. The lowest BCUT2D eigenvalue weighted by Crippen LogP contribution is -2.18. The van der Waals surface area contributed by atoms with Gasteiger partial charge in [-0.15, -0.1) is 11.3 Å². The van der Waals surface area contributed by atoms with Crippen LogP contribution in [0.5, 0.6) is 0 Å². The van der Waals surface area contributed by atoms with Crippen molar-refractivity contribution in [2.45, 2.75) is 6.54 Å². The predicted octanol–water partition coefficient (Wildman–Crippen LogP) is 3.51. The summed E-state index contributed by atoms with van der Waals surface area (Å²) in [6.07, 6.45) is 0. The summed E-state index contributed by atoms with van der Waals surface area (Å²) in [5.74, 6) is 1.25. The van der Waals surface area contributed by atoms with Gasteiger partial charge in [0.25, 0.3) is 0 Å². The minimum atomic E-state index is -0.221. The van der Waals surface area contributed by atoms with Gasteiger partial charge in [0.2, 0.25) is 5.95 Å². The molecule has 0 spiro atoms. The molecule has 2 aromatic heterocycles. The molecule has 0 aliphatic rings. The predicted molar refractivity (Wildman–Crippen MR) is 85.5 cm³/mol. The van der Waals surface area contributed by atoms with Crippen LogP contribution in [0.4, 0.5) is 16.2 Å². The second-order valence-corrected chi connectivity index (χ2v) is 5.64. The highest BCUT2D eigenvalue weighted by molar-refractivity contribution is 7.16. The van der Waals surface area contributed by atoms with Crippen LogP contribution in [0.15, 0.2) is 35.7 Å². The summed E-state index contributed by atoms with van der Waals surface area (Å²) in [5.41, 5.74) is 1.03. The molecule has 108 valence electrons. The van der Waals surface area contributed by atoms with Gasteiger partial charge in [-0.3, -0.25) is 0 Å². The van der Waals surface area contributed by atoms with E-state index in [0.717, 1.165) is 21.6 Å². The normalized spacial score (nSPS) is 10.8. The molecular weight excluding hydrogens is 287 g/mol. The Morgan fingerprint density at radius 2 is 1.95 bits per heavy atom. The zero-order chi connectivity index (χ0) is 14.8. The van der Waals surface area contributed by atoms with Crippen molar-refractivity contribution in [2.24, 2.45) is 0 Å². The molecule has 0 fully saturated rings. The molecular formula is C15H15FN4S. The number of halogens is 1. The molecule has 0 atom stereocenters. The molecule has 3 rings (SSSR count). The van der Waals surface area contributed by atoms with Crippen molar-refractivity contribution < 1.29 is 4.39 Å². The molecule has 1 aromatic carbocycles. The summed E-state index contributed by atoms with van der Waals surface area (Å²) in [5, 5.41) is 6.02. The summed E-state index contributed by atoms with van der Waals surface area (Å²) in [4.78, 5) is 12.0. The molecule has 0 radical (unpaired) electrons. The zero-order valence-corrected chi connectivity index (χ0v) is 12.6. The summed E-state index contributed by atoms with van der Waals surface area (Å²) in [6.45, 7) is 0.658. The molecule has 0 bridgehead atoms. The molecule has 1 N–H and O–H groups in total. The number of nitrogens with one attached hydrogen (secondary N) is 1.